The molecule has 2 aliphatic rings. The van der Waals surface area contributed by atoms with Gasteiger partial charge in [0.2, 0.25) is 6.29 Å². The largest absolute Gasteiger partial charge is 0.435 e. The first-order valence-electron chi connectivity index (χ1n) is 3.17. The highest BCUT2D eigenvalue weighted by Crippen LogP contribution is 2.31. The van der Waals surface area contributed by atoms with Crippen molar-refractivity contribution in [2.75, 3.05) is 6.61 Å². The summed E-state index contributed by atoms with van der Waals surface area (Å²) in [7, 11) is 0. The van der Waals surface area contributed by atoms with Gasteiger partial charge in [0.25, 0.3) is 0 Å². The number of hydrogen-bond donors (Lipinski definition) is 0. The minimum Gasteiger partial charge on any atom is -0.435 e. The van der Waals surface area contributed by atoms with E-state index in [0.29, 0.717) is 12.3 Å². The summed E-state index contributed by atoms with van der Waals surface area (Å²) >= 11 is 0. The highest BCUT2D eigenvalue weighted by atomic mass is 16.7. The van der Waals surface area contributed by atoms with Crippen LogP contribution in [0.5, 0.6) is 0 Å². The lowest BCUT2D eigenvalue weighted by Crippen LogP contribution is -2.09. The zero-order chi connectivity index (χ0) is 6.27. The number of carbonyl (C=O) groups excluding carboxylic acids is 1. The topological polar surface area (TPSA) is 35.5 Å². The van der Waals surface area contributed by atoms with Crippen molar-refractivity contribution in [3.05, 3.63) is 0 Å². The van der Waals surface area contributed by atoms with Gasteiger partial charge < -0.3 is 9.47 Å². The predicted octanol–water partition coefficient (Wildman–Crippen LogP) is 0.296. The van der Waals surface area contributed by atoms with Gasteiger partial charge in [0, 0.05) is 5.92 Å². The number of esters is 1. The van der Waals surface area contributed by atoms with E-state index in [2.05, 4.69) is 0 Å². The standard InChI is InChI=1S/C6H8O3/c7-5-3-4-1-2-8-6(4)9-5/h4,6H,1-3H2/t4-,6+/m0/s1. The van der Waals surface area contributed by atoms with E-state index < -0.39 is 0 Å². The van der Waals surface area contributed by atoms with Crippen LogP contribution in [0.25, 0.3) is 0 Å². The van der Waals surface area contributed by atoms with Crippen molar-refractivity contribution in [3.63, 3.8) is 0 Å². The second-order valence-electron chi connectivity index (χ2n) is 2.48. The number of rotatable bonds is 0. The van der Waals surface area contributed by atoms with Gasteiger partial charge in [0.05, 0.1) is 13.0 Å². The van der Waals surface area contributed by atoms with Crippen molar-refractivity contribution in [2.45, 2.75) is 19.1 Å². The lowest BCUT2D eigenvalue weighted by atomic mass is 10.1. The highest BCUT2D eigenvalue weighted by molar-refractivity contribution is 5.71. The van der Waals surface area contributed by atoms with Crippen LogP contribution in [0.2, 0.25) is 0 Å². The minimum atomic E-state index is -0.197. The molecule has 9 heavy (non-hydrogen) atoms. The van der Waals surface area contributed by atoms with Crippen LogP contribution in [-0.4, -0.2) is 18.9 Å². The lowest BCUT2D eigenvalue weighted by molar-refractivity contribution is -0.158. The van der Waals surface area contributed by atoms with Crippen LogP contribution in [-0.2, 0) is 14.3 Å². The molecule has 0 aliphatic carbocycles. The summed E-state index contributed by atoms with van der Waals surface area (Å²) in [4.78, 5) is 10.6. The first kappa shape index (κ1) is 5.23. The van der Waals surface area contributed by atoms with E-state index in [4.69, 9.17) is 9.47 Å². The van der Waals surface area contributed by atoms with Crippen molar-refractivity contribution in [2.24, 2.45) is 5.92 Å². The van der Waals surface area contributed by atoms with Crippen molar-refractivity contribution in [1.82, 2.24) is 0 Å². The summed E-state index contributed by atoms with van der Waals surface area (Å²) in [5.74, 6) is 0.252. The molecule has 0 radical (unpaired) electrons. The monoisotopic (exact) mass is 128 g/mol. The number of carbonyl (C=O) groups is 1. The molecule has 3 heteroatoms. The zero-order valence-electron chi connectivity index (χ0n) is 5.00. The van der Waals surface area contributed by atoms with Gasteiger partial charge in [-0.15, -0.1) is 0 Å². The first-order valence-corrected chi connectivity index (χ1v) is 3.17. The van der Waals surface area contributed by atoms with Crippen molar-refractivity contribution in [3.8, 4) is 0 Å². The lowest BCUT2D eigenvalue weighted by Gasteiger charge is -2.03. The smallest absolute Gasteiger partial charge is 0.308 e. The van der Waals surface area contributed by atoms with Crippen LogP contribution in [0.3, 0.4) is 0 Å². The first-order chi connectivity index (χ1) is 4.36. The maximum absolute atomic E-state index is 10.6. The molecule has 2 saturated heterocycles. The van der Waals surface area contributed by atoms with E-state index in [1.54, 1.807) is 0 Å². The molecule has 0 aromatic carbocycles. The molecular formula is C6H8O3. The molecule has 0 spiro atoms. The van der Waals surface area contributed by atoms with Crippen LogP contribution in [0, 0.1) is 5.92 Å². The van der Waals surface area contributed by atoms with Crippen molar-refractivity contribution >= 4 is 5.97 Å². The Kier molecular flexibility index (Phi) is 0.990. The fourth-order valence-electron chi connectivity index (χ4n) is 1.33. The molecule has 2 atom stereocenters. The Balaban J connectivity index is 2.09. The second kappa shape index (κ2) is 1.70. The molecule has 2 rings (SSSR count). The van der Waals surface area contributed by atoms with E-state index in [-0.39, 0.29) is 12.3 Å². The minimum absolute atomic E-state index is 0.107. The normalized spacial score (nSPS) is 40.7. The molecule has 50 valence electrons. The van der Waals surface area contributed by atoms with Crippen LogP contribution in [0.4, 0.5) is 0 Å². The van der Waals surface area contributed by atoms with Crippen LogP contribution in [0.15, 0.2) is 0 Å². The average molecular weight is 128 g/mol. The Morgan fingerprint density at radius 3 is 3.22 bits per heavy atom. The van der Waals surface area contributed by atoms with Crippen LogP contribution in [0.1, 0.15) is 12.8 Å². The average Bonchev–Trinajstić information content (AvgIpc) is 2.22. The molecule has 2 aliphatic heterocycles. The van der Waals surface area contributed by atoms with Crippen LogP contribution >= 0.6 is 0 Å². The third-order valence-corrected chi connectivity index (χ3v) is 1.83. The molecule has 0 N–H and O–H groups in total. The van der Waals surface area contributed by atoms with E-state index in [0.717, 1.165) is 13.0 Å². The Morgan fingerprint density at radius 2 is 2.44 bits per heavy atom. The Labute approximate surface area is 52.9 Å². The maximum atomic E-state index is 10.6. The molecular weight excluding hydrogens is 120 g/mol. The number of fused-ring (bicyclic) bond motifs is 1. The SMILES string of the molecule is O=C1C[C@@H]2CCO[C@@H]2O1. The van der Waals surface area contributed by atoms with Gasteiger partial charge >= 0.3 is 5.97 Å². The highest BCUT2D eigenvalue weighted by Gasteiger charge is 2.39. The van der Waals surface area contributed by atoms with E-state index in [9.17, 15) is 4.79 Å². The summed E-state index contributed by atoms with van der Waals surface area (Å²) in [5.41, 5.74) is 0. The van der Waals surface area contributed by atoms with E-state index in [1.807, 2.05) is 0 Å². The number of ether oxygens (including phenoxy) is 2. The van der Waals surface area contributed by atoms with Crippen LogP contribution < -0.4 is 0 Å². The maximum Gasteiger partial charge on any atom is 0.308 e. The summed E-state index contributed by atoms with van der Waals surface area (Å²) in [6, 6.07) is 0. The molecule has 0 unspecified atom stereocenters. The van der Waals surface area contributed by atoms with Gasteiger partial charge in [0.15, 0.2) is 0 Å². The second-order valence-corrected chi connectivity index (χ2v) is 2.48. The third kappa shape index (κ3) is 0.721. The zero-order valence-corrected chi connectivity index (χ0v) is 5.00. The fourth-order valence-corrected chi connectivity index (χ4v) is 1.33. The molecule has 0 aromatic heterocycles. The molecule has 0 amide bonds. The van der Waals surface area contributed by atoms with Gasteiger partial charge in [-0.25, -0.2) is 0 Å². The molecule has 0 aromatic rings. The summed E-state index contributed by atoms with van der Waals surface area (Å²) in [5, 5.41) is 0. The quantitative estimate of drug-likeness (QED) is 0.440. The van der Waals surface area contributed by atoms with E-state index >= 15 is 0 Å². The fraction of sp³-hybridized carbons (Fsp3) is 0.833. The van der Waals surface area contributed by atoms with Crippen molar-refractivity contribution < 1.29 is 14.3 Å². The van der Waals surface area contributed by atoms with Gasteiger partial charge in [-0.3, -0.25) is 4.79 Å². The van der Waals surface area contributed by atoms with Gasteiger partial charge in [-0.05, 0) is 6.42 Å². The summed E-state index contributed by atoms with van der Waals surface area (Å²) in [6.45, 7) is 0.753. The van der Waals surface area contributed by atoms with E-state index in [1.165, 1.54) is 0 Å². The Morgan fingerprint density at radius 1 is 1.56 bits per heavy atom. The Hall–Kier alpha value is -0.570. The summed E-state index contributed by atoms with van der Waals surface area (Å²) < 4.78 is 9.93. The Bertz CT molecular complexity index is 129. The van der Waals surface area contributed by atoms with Crippen molar-refractivity contribution in [1.29, 1.82) is 0 Å². The van der Waals surface area contributed by atoms with Gasteiger partial charge in [0.1, 0.15) is 0 Å². The predicted molar refractivity (Wildman–Crippen MR) is 28.6 cm³/mol. The molecule has 0 bridgehead atoms. The summed E-state index contributed by atoms with van der Waals surface area (Å²) in [6.07, 6.45) is 1.35. The molecule has 2 fully saturated rings. The molecule has 2 heterocycles. The molecule has 0 saturated carbocycles. The number of hydrogen-bond acceptors (Lipinski definition) is 3. The molecule has 3 nitrogen and oxygen atoms in total. The third-order valence-electron chi connectivity index (χ3n) is 1.83. The van der Waals surface area contributed by atoms with Gasteiger partial charge in [-0.1, -0.05) is 0 Å². The van der Waals surface area contributed by atoms with Gasteiger partial charge in [-0.2, -0.15) is 0 Å².